The van der Waals surface area contributed by atoms with Crippen molar-refractivity contribution in [3.8, 4) is 0 Å². The Labute approximate surface area is 168 Å². The third-order valence-electron chi connectivity index (χ3n) is 4.85. The van der Waals surface area contributed by atoms with Gasteiger partial charge in [-0.1, -0.05) is 54.2 Å². The van der Waals surface area contributed by atoms with E-state index in [0.717, 1.165) is 41.5 Å². The van der Waals surface area contributed by atoms with Gasteiger partial charge in [0, 0.05) is 31.9 Å². The van der Waals surface area contributed by atoms with Crippen LogP contribution in [0.15, 0.2) is 70.7 Å². The van der Waals surface area contributed by atoms with E-state index in [1.807, 2.05) is 40.6 Å². The fourth-order valence-electron chi connectivity index (χ4n) is 3.39. The van der Waals surface area contributed by atoms with E-state index in [1.54, 1.807) is 23.9 Å². The van der Waals surface area contributed by atoms with Gasteiger partial charge in [-0.15, -0.1) is 0 Å². The van der Waals surface area contributed by atoms with Crippen LogP contribution in [0.2, 0.25) is 0 Å². The summed E-state index contributed by atoms with van der Waals surface area (Å²) in [6.07, 6.45) is 1.36. The van der Waals surface area contributed by atoms with Crippen molar-refractivity contribution in [1.29, 1.82) is 0 Å². The molecule has 0 N–H and O–H groups in total. The minimum Gasteiger partial charge on any atom is -0.334 e. The molecule has 0 aromatic heterocycles. The van der Waals surface area contributed by atoms with Crippen LogP contribution in [0.1, 0.15) is 24.0 Å². The quantitative estimate of drug-likeness (QED) is 0.728. The van der Waals surface area contributed by atoms with Crippen LogP contribution in [0.5, 0.6) is 0 Å². The van der Waals surface area contributed by atoms with Crippen LogP contribution in [-0.4, -0.2) is 34.0 Å². The average molecular weight is 396 g/mol. The van der Waals surface area contributed by atoms with Gasteiger partial charge in [-0.25, -0.2) is 4.39 Å². The molecule has 4 nitrogen and oxygen atoms in total. The molecule has 0 bridgehead atoms. The molecule has 2 aliphatic heterocycles. The Balaban J connectivity index is 1.50. The molecule has 2 aliphatic rings. The number of thioether (sulfide) groups is 1. The second-order valence-corrected chi connectivity index (χ2v) is 7.77. The first-order valence-corrected chi connectivity index (χ1v) is 10.3. The number of rotatable bonds is 6. The minimum absolute atomic E-state index is 0.0619. The maximum atomic E-state index is 13.3. The van der Waals surface area contributed by atoms with E-state index >= 15 is 0 Å². The zero-order chi connectivity index (χ0) is 19.3. The zero-order valence-electron chi connectivity index (χ0n) is 15.6. The highest BCUT2D eigenvalue weighted by atomic mass is 32.2. The van der Waals surface area contributed by atoms with E-state index in [9.17, 15) is 9.18 Å². The molecule has 2 aromatic rings. The number of hydrogen-bond acceptors (Lipinski definition) is 4. The van der Waals surface area contributed by atoms with Gasteiger partial charge in [0.2, 0.25) is 5.91 Å². The van der Waals surface area contributed by atoms with E-state index in [-0.39, 0.29) is 11.7 Å². The van der Waals surface area contributed by atoms with Crippen molar-refractivity contribution >= 4 is 22.8 Å². The van der Waals surface area contributed by atoms with Crippen molar-refractivity contribution in [2.75, 3.05) is 13.1 Å². The molecule has 0 atom stereocenters. The summed E-state index contributed by atoms with van der Waals surface area (Å²) in [5, 5.41) is 3.04. The van der Waals surface area contributed by atoms with Crippen LogP contribution in [0, 0.1) is 5.82 Å². The van der Waals surface area contributed by atoms with E-state index in [1.165, 1.54) is 12.1 Å². The maximum Gasteiger partial charge on any atom is 0.229 e. The molecule has 6 heteroatoms. The molecule has 144 valence electrons. The summed E-state index contributed by atoms with van der Waals surface area (Å²) in [6.45, 7) is 2.76. The van der Waals surface area contributed by atoms with E-state index in [0.29, 0.717) is 19.5 Å². The molecular weight excluding hydrogens is 373 g/mol. The van der Waals surface area contributed by atoms with Crippen molar-refractivity contribution in [2.24, 2.45) is 4.99 Å². The number of fused-ring (bicyclic) bond motifs is 1. The molecule has 2 aromatic carbocycles. The Bertz CT molecular complexity index is 896. The Morgan fingerprint density at radius 2 is 1.79 bits per heavy atom. The van der Waals surface area contributed by atoms with Crippen molar-refractivity contribution in [1.82, 2.24) is 9.80 Å². The average Bonchev–Trinajstić information content (AvgIpc) is 3.13. The van der Waals surface area contributed by atoms with Gasteiger partial charge in [-0.3, -0.25) is 9.79 Å². The number of halogens is 1. The lowest BCUT2D eigenvalue weighted by atomic mass is 10.1. The SMILES string of the molecule is O=C(CC1=CSC2=NCCCN12)N(Cc1ccccc1)Cc1ccc(F)cc1. The molecule has 1 amide bonds. The first-order valence-electron chi connectivity index (χ1n) is 9.43. The van der Waals surface area contributed by atoms with E-state index < -0.39 is 0 Å². The second kappa shape index (κ2) is 8.61. The van der Waals surface area contributed by atoms with Gasteiger partial charge < -0.3 is 9.80 Å². The number of carbonyl (C=O) groups is 1. The molecule has 0 spiro atoms. The van der Waals surface area contributed by atoms with Crippen LogP contribution in [-0.2, 0) is 17.9 Å². The fourth-order valence-corrected chi connectivity index (χ4v) is 4.34. The lowest BCUT2D eigenvalue weighted by Crippen LogP contribution is -2.34. The fraction of sp³-hybridized carbons (Fsp3) is 0.273. The Morgan fingerprint density at radius 3 is 2.54 bits per heavy atom. The molecule has 28 heavy (non-hydrogen) atoms. The van der Waals surface area contributed by atoms with Crippen LogP contribution < -0.4 is 0 Å². The summed E-state index contributed by atoms with van der Waals surface area (Å²) in [7, 11) is 0. The molecule has 2 heterocycles. The Hall–Kier alpha value is -2.60. The van der Waals surface area contributed by atoms with E-state index in [4.69, 9.17) is 0 Å². The van der Waals surface area contributed by atoms with Gasteiger partial charge in [0.15, 0.2) is 5.17 Å². The predicted molar refractivity (Wildman–Crippen MR) is 111 cm³/mol. The van der Waals surface area contributed by atoms with Gasteiger partial charge in [0.1, 0.15) is 5.82 Å². The maximum absolute atomic E-state index is 13.3. The van der Waals surface area contributed by atoms with Crippen LogP contribution in [0.4, 0.5) is 4.39 Å². The number of amides is 1. The van der Waals surface area contributed by atoms with Crippen molar-refractivity contribution in [3.05, 3.63) is 82.6 Å². The van der Waals surface area contributed by atoms with Crippen LogP contribution in [0.3, 0.4) is 0 Å². The number of hydrogen-bond donors (Lipinski definition) is 0. The summed E-state index contributed by atoms with van der Waals surface area (Å²) in [4.78, 5) is 21.7. The first kappa shape index (κ1) is 18.7. The highest BCUT2D eigenvalue weighted by Crippen LogP contribution is 2.31. The normalized spacial score (nSPS) is 15.7. The van der Waals surface area contributed by atoms with Crippen molar-refractivity contribution in [2.45, 2.75) is 25.9 Å². The number of aliphatic imine (C=N–C) groups is 1. The van der Waals surface area contributed by atoms with Gasteiger partial charge in [0.05, 0.1) is 6.42 Å². The summed E-state index contributed by atoms with van der Waals surface area (Å²) in [5.41, 5.74) is 3.01. The van der Waals surface area contributed by atoms with Gasteiger partial charge in [0.25, 0.3) is 0 Å². The summed E-state index contributed by atoms with van der Waals surface area (Å²) < 4.78 is 13.3. The summed E-state index contributed by atoms with van der Waals surface area (Å²) in [6, 6.07) is 16.3. The summed E-state index contributed by atoms with van der Waals surface area (Å²) >= 11 is 1.60. The Kier molecular flexibility index (Phi) is 5.76. The van der Waals surface area contributed by atoms with Gasteiger partial charge in [-0.05, 0) is 35.1 Å². The van der Waals surface area contributed by atoms with Gasteiger partial charge in [-0.2, -0.15) is 0 Å². The molecule has 0 saturated carbocycles. The molecule has 0 radical (unpaired) electrons. The molecule has 4 rings (SSSR count). The van der Waals surface area contributed by atoms with E-state index in [2.05, 4.69) is 9.89 Å². The minimum atomic E-state index is -0.269. The number of nitrogens with zero attached hydrogens (tertiary/aromatic N) is 3. The standard InChI is InChI=1S/C22H22FN3OS/c23-19-9-7-18(8-10-19)15-25(14-17-5-2-1-3-6-17)21(27)13-20-16-28-22-24-11-4-12-26(20)22/h1-3,5-10,16H,4,11-15H2. The van der Waals surface area contributed by atoms with Crippen LogP contribution >= 0.6 is 11.8 Å². The zero-order valence-corrected chi connectivity index (χ0v) is 16.4. The lowest BCUT2D eigenvalue weighted by molar-refractivity contribution is -0.131. The largest absolute Gasteiger partial charge is 0.334 e. The molecule has 0 fully saturated rings. The highest BCUT2D eigenvalue weighted by Gasteiger charge is 2.27. The third kappa shape index (κ3) is 4.44. The highest BCUT2D eigenvalue weighted by molar-refractivity contribution is 8.16. The molecule has 0 aliphatic carbocycles. The van der Waals surface area contributed by atoms with Crippen molar-refractivity contribution in [3.63, 3.8) is 0 Å². The molecule has 0 saturated heterocycles. The summed E-state index contributed by atoms with van der Waals surface area (Å²) in [5.74, 6) is -0.207. The molecular formula is C22H22FN3OS. The monoisotopic (exact) mass is 395 g/mol. The third-order valence-corrected chi connectivity index (χ3v) is 5.80. The van der Waals surface area contributed by atoms with Crippen LogP contribution in [0.25, 0.3) is 0 Å². The van der Waals surface area contributed by atoms with Crippen molar-refractivity contribution < 1.29 is 9.18 Å². The first-order chi connectivity index (χ1) is 13.7. The number of carbonyl (C=O) groups excluding carboxylic acids is 1. The smallest absolute Gasteiger partial charge is 0.229 e. The number of benzene rings is 2. The predicted octanol–water partition coefficient (Wildman–Crippen LogP) is 4.39. The second-order valence-electron chi connectivity index (χ2n) is 6.94. The topological polar surface area (TPSA) is 35.9 Å². The van der Waals surface area contributed by atoms with Gasteiger partial charge >= 0.3 is 0 Å². The lowest BCUT2D eigenvalue weighted by Gasteiger charge is -2.28. The molecule has 0 unspecified atom stereocenters. The number of amidine groups is 1. The Morgan fingerprint density at radius 1 is 1.07 bits per heavy atom.